The Morgan fingerprint density at radius 1 is 0.864 bits per heavy atom. The minimum absolute atomic E-state index is 0.109. The number of rotatable bonds is 5. The molecular formula is C17H20O5. The molecule has 0 aromatic heterocycles. The van der Waals surface area contributed by atoms with Crippen LogP contribution in [0.1, 0.15) is 38.8 Å². The zero-order chi connectivity index (χ0) is 17.0. The number of carbonyl (C=O) groups is 2. The van der Waals surface area contributed by atoms with E-state index < -0.39 is 0 Å². The summed E-state index contributed by atoms with van der Waals surface area (Å²) in [5, 5.41) is 19.6. The number of ether oxygens (including phenoxy) is 1. The summed E-state index contributed by atoms with van der Waals surface area (Å²) >= 11 is 0. The van der Waals surface area contributed by atoms with Crippen LogP contribution in [0.25, 0.3) is 11.1 Å². The van der Waals surface area contributed by atoms with Crippen molar-refractivity contribution in [1.82, 2.24) is 0 Å². The highest BCUT2D eigenvalue weighted by Gasteiger charge is 2.22. The average molecular weight is 304 g/mol. The first kappa shape index (κ1) is 17.5. The Hall–Kier alpha value is -2.56. The summed E-state index contributed by atoms with van der Waals surface area (Å²) in [6, 6.07) is 4.86. The van der Waals surface area contributed by atoms with E-state index in [0.29, 0.717) is 11.1 Å². The topological polar surface area (TPSA) is 83.8 Å². The zero-order valence-electron chi connectivity index (χ0n) is 13.4. The first-order valence-electron chi connectivity index (χ1n) is 6.71. The van der Waals surface area contributed by atoms with Gasteiger partial charge >= 0.3 is 0 Å². The molecule has 22 heavy (non-hydrogen) atoms. The Labute approximate surface area is 129 Å². The van der Waals surface area contributed by atoms with Crippen LogP contribution in [0, 0.1) is 0 Å². The third kappa shape index (κ3) is 3.36. The van der Waals surface area contributed by atoms with Gasteiger partial charge in [0.15, 0.2) is 11.6 Å². The van der Waals surface area contributed by atoms with E-state index >= 15 is 0 Å². The minimum atomic E-state index is -0.329. The number of carbonyl (C=O) groups excluding carboxylic acids is 2. The molecule has 0 amide bonds. The molecule has 1 aromatic rings. The van der Waals surface area contributed by atoms with Gasteiger partial charge in [-0.25, -0.2) is 0 Å². The summed E-state index contributed by atoms with van der Waals surface area (Å²) in [5.74, 6) is -0.692. The number of aliphatic hydroxyl groups excluding tert-OH is 2. The largest absolute Gasteiger partial charge is 0.512 e. The molecule has 0 aliphatic carbocycles. The van der Waals surface area contributed by atoms with E-state index in [4.69, 9.17) is 4.74 Å². The van der Waals surface area contributed by atoms with Crippen LogP contribution in [-0.4, -0.2) is 28.9 Å². The van der Waals surface area contributed by atoms with Gasteiger partial charge in [-0.1, -0.05) is 18.2 Å². The monoisotopic (exact) mass is 304 g/mol. The number of ketones is 2. The lowest BCUT2D eigenvalue weighted by molar-refractivity contribution is -0.112. The lowest BCUT2D eigenvalue weighted by Gasteiger charge is -2.16. The Kier molecular flexibility index (Phi) is 5.51. The van der Waals surface area contributed by atoms with Gasteiger partial charge in [0, 0.05) is 11.1 Å². The molecule has 0 radical (unpaired) electrons. The predicted molar refractivity (Wildman–Crippen MR) is 84.8 cm³/mol. The molecule has 5 heteroatoms. The first-order valence-corrected chi connectivity index (χ1v) is 6.71. The normalized spacial score (nSPS) is 13.1. The molecule has 5 nitrogen and oxygen atoms in total. The molecule has 0 saturated heterocycles. The van der Waals surface area contributed by atoms with Crippen LogP contribution in [0.2, 0.25) is 0 Å². The Bertz CT molecular complexity index is 618. The van der Waals surface area contributed by atoms with E-state index in [-0.39, 0.29) is 40.0 Å². The van der Waals surface area contributed by atoms with Crippen molar-refractivity contribution in [2.75, 3.05) is 7.11 Å². The smallest absolute Gasteiger partial charge is 0.163 e. The van der Waals surface area contributed by atoms with Crippen LogP contribution in [0.5, 0.6) is 5.75 Å². The van der Waals surface area contributed by atoms with E-state index in [2.05, 4.69) is 0 Å². The highest BCUT2D eigenvalue weighted by Crippen LogP contribution is 2.36. The van der Waals surface area contributed by atoms with Crippen molar-refractivity contribution in [2.45, 2.75) is 27.7 Å². The van der Waals surface area contributed by atoms with E-state index in [9.17, 15) is 19.8 Å². The van der Waals surface area contributed by atoms with Crippen molar-refractivity contribution in [3.05, 3.63) is 40.8 Å². The number of aliphatic hydroxyl groups is 2. The number of methoxy groups -OCH3 is 1. The SMILES string of the molecule is COc1c(/C(C(C)=O)=C(\C)O)cccc1/C(C(C)=O)=C(\C)O. The van der Waals surface area contributed by atoms with Gasteiger partial charge in [0.1, 0.15) is 17.3 Å². The number of Topliss-reactive ketones (excluding diaryl/α,β-unsaturated/α-hetero) is 2. The van der Waals surface area contributed by atoms with Crippen molar-refractivity contribution in [1.29, 1.82) is 0 Å². The van der Waals surface area contributed by atoms with Gasteiger partial charge in [-0.3, -0.25) is 9.59 Å². The standard InChI is InChI=1S/C17H20O5/c1-9(18)15(10(2)19)13-7-6-8-14(17(13)22-5)16(11(3)20)12(4)21/h6-8,18,20H,1-5H3/b15-9+,16-11+. The lowest BCUT2D eigenvalue weighted by Crippen LogP contribution is -2.07. The van der Waals surface area contributed by atoms with Crippen LogP contribution in [-0.2, 0) is 9.59 Å². The first-order chi connectivity index (χ1) is 10.2. The van der Waals surface area contributed by atoms with E-state index in [0.717, 1.165) is 0 Å². The fraction of sp³-hybridized carbons (Fsp3) is 0.294. The fourth-order valence-electron chi connectivity index (χ4n) is 2.43. The van der Waals surface area contributed by atoms with Crippen molar-refractivity contribution >= 4 is 22.7 Å². The number of para-hydroxylation sites is 1. The number of benzene rings is 1. The van der Waals surface area contributed by atoms with Crippen LogP contribution >= 0.6 is 0 Å². The maximum Gasteiger partial charge on any atom is 0.163 e. The Morgan fingerprint density at radius 2 is 1.23 bits per heavy atom. The van der Waals surface area contributed by atoms with Gasteiger partial charge in [-0.2, -0.15) is 0 Å². The number of hydrogen-bond donors (Lipinski definition) is 2. The van der Waals surface area contributed by atoms with Crippen LogP contribution < -0.4 is 4.74 Å². The van der Waals surface area contributed by atoms with Gasteiger partial charge in [0.05, 0.1) is 18.3 Å². The molecule has 0 aliphatic rings. The minimum Gasteiger partial charge on any atom is -0.512 e. The fourth-order valence-corrected chi connectivity index (χ4v) is 2.43. The molecule has 2 N–H and O–H groups in total. The summed E-state index contributed by atoms with van der Waals surface area (Å²) in [4.78, 5) is 23.6. The molecule has 0 unspecified atom stereocenters. The van der Waals surface area contributed by atoms with Gasteiger partial charge in [0.25, 0.3) is 0 Å². The Balaban J connectivity index is 3.79. The summed E-state index contributed by atoms with van der Waals surface area (Å²) in [7, 11) is 1.40. The lowest BCUT2D eigenvalue weighted by atomic mass is 9.93. The molecule has 1 rings (SSSR count). The average Bonchev–Trinajstić information content (AvgIpc) is 2.37. The maximum atomic E-state index is 11.8. The summed E-state index contributed by atoms with van der Waals surface area (Å²) in [5.41, 5.74) is 0.953. The number of allylic oxidation sites excluding steroid dienone is 4. The van der Waals surface area contributed by atoms with Crippen molar-refractivity contribution < 1.29 is 24.5 Å². The van der Waals surface area contributed by atoms with Gasteiger partial charge in [0.2, 0.25) is 0 Å². The third-order valence-electron chi connectivity index (χ3n) is 3.19. The van der Waals surface area contributed by atoms with Gasteiger partial charge < -0.3 is 14.9 Å². The quantitative estimate of drug-likeness (QED) is 0.643. The van der Waals surface area contributed by atoms with Crippen molar-refractivity contribution in [3.63, 3.8) is 0 Å². The highest BCUT2D eigenvalue weighted by molar-refractivity contribution is 6.23. The summed E-state index contributed by atoms with van der Waals surface area (Å²) < 4.78 is 5.34. The number of hydrogen-bond acceptors (Lipinski definition) is 5. The molecule has 118 valence electrons. The van der Waals surface area contributed by atoms with Crippen LogP contribution in [0.4, 0.5) is 0 Å². The maximum absolute atomic E-state index is 11.8. The molecular weight excluding hydrogens is 284 g/mol. The van der Waals surface area contributed by atoms with Gasteiger partial charge in [-0.05, 0) is 27.7 Å². The second kappa shape index (κ2) is 6.93. The van der Waals surface area contributed by atoms with Crippen LogP contribution in [0.3, 0.4) is 0 Å². The highest BCUT2D eigenvalue weighted by atomic mass is 16.5. The molecule has 0 heterocycles. The van der Waals surface area contributed by atoms with E-state index in [1.165, 1.54) is 34.8 Å². The second-order valence-electron chi connectivity index (χ2n) is 4.92. The van der Waals surface area contributed by atoms with Crippen molar-refractivity contribution in [3.8, 4) is 5.75 Å². The Morgan fingerprint density at radius 3 is 1.45 bits per heavy atom. The molecule has 1 aromatic carbocycles. The van der Waals surface area contributed by atoms with Gasteiger partial charge in [-0.15, -0.1) is 0 Å². The molecule has 0 aliphatic heterocycles. The third-order valence-corrected chi connectivity index (χ3v) is 3.19. The summed E-state index contributed by atoms with van der Waals surface area (Å²) in [6.45, 7) is 5.48. The van der Waals surface area contributed by atoms with Crippen molar-refractivity contribution in [2.24, 2.45) is 0 Å². The molecule has 0 atom stereocenters. The van der Waals surface area contributed by atoms with E-state index in [1.807, 2.05) is 0 Å². The summed E-state index contributed by atoms with van der Waals surface area (Å²) in [6.07, 6.45) is 0. The van der Waals surface area contributed by atoms with E-state index in [1.54, 1.807) is 18.2 Å². The second-order valence-corrected chi connectivity index (χ2v) is 4.92. The molecule has 0 fully saturated rings. The zero-order valence-corrected chi connectivity index (χ0v) is 13.4. The molecule has 0 bridgehead atoms. The predicted octanol–water partition coefficient (Wildman–Crippen LogP) is 3.45. The molecule has 0 spiro atoms. The molecule has 0 saturated carbocycles. The van der Waals surface area contributed by atoms with Crippen LogP contribution in [0.15, 0.2) is 29.7 Å².